The number of aromatic nitrogens is 3. The van der Waals surface area contributed by atoms with Gasteiger partial charge in [-0.25, -0.2) is 15.0 Å². The molecular weight excluding hydrogens is 853 g/mol. The van der Waals surface area contributed by atoms with Crippen molar-refractivity contribution in [1.82, 2.24) is 15.0 Å². The second-order valence-corrected chi connectivity index (χ2v) is 20.4. The highest BCUT2D eigenvalue weighted by Gasteiger charge is 2.39. The smallest absolute Gasteiger partial charge is 0.168 e. The zero-order chi connectivity index (χ0) is 49.9. The minimum Gasteiger partial charge on any atom is -0.308 e. The van der Waals surface area contributed by atoms with Crippen LogP contribution in [-0.2, 0) is 12.8 Å². The first kappa shape index (κ1) is 46.4. The molecule has 0 spiro atoms. The minimum atomic E-state index is 0.539. The van der Waals surface area contributed by atoms with Crippen molar-refractivity contribution in [2.75, 3.05) is 9.80 Å². The third kappa shape index (κ3) is 6.76. The molecule has 2 aliphatic rings. The van der Waals surface area contributed by atoms with Gasteiger partial charge in [-0.15, -0.1) is 0 Å². The van der Waals surface area contributed by atoms with Crippen molar-refractivity contribution in [3.8, 4) is 40.2 Å². The summed E-state index contributed by atoms with van der Waals surface area (Å²) < 4.78 is 0. The lowest BCUT2D eigenvalue weighted by molar-refractivity contribution is 0.986. The minimum absolute atomic E-state index is 0.539. The van der Waals surface area contributed by atoms with Gasteiger partial charge in [0.15, 0.2) is 17.5 Å². The summed E-state index contributed by atoms with van der Waals surface area (Å²) in [6.45, 7) is 36.4. The summed E-state index contributed by atoms with van der Waals surface area (Å²) in [5.74, 6) is 1.70. The van der Waals surface area contributed by atoms with Gasteiger partial charge in [-0.05, 0) is 234 Å². The first-order chi connectivity index (χ1) is 33.4. The molecule has 0 saturated carbocycles. The van der Waals surface area contributed by atoms with Crippen molar-refractivity contribution in [3.05, 3.63) is 190 Å². The van der Waals surface area contributed by atoms with E-state index in [1.54, 1.807) is 0 Å². The lowest BCUT2D eigenvalue weighted by atomic mass is 9.79. The SMILES string of the molecule is Cc1c(C)c(C)c2c(c1C)Cc1c(C)c(C)c(C)c(C)c1N2c1cc(C#N)cc(N2c3c(C)c(C)c(C)c(C)c3Cc3c(C)c(C)c(C)c(C)c32)c1-c1nc(-c2ccccc2)nc(-c2ccccc2)n1. The molecule has 0 amide bonds. The van der Waals surface area contributed by atoms with Crippen LogP contribution in [0.25, 0.3) is 34.2 Å². The highest BCUT2D eigenvalue weighted by Crippen LogP contribution is 2.58. The van der Waals surface area contributed by atoms with Crippen LogP contribution in [0.4, 0.5) is 34.1 Å². The molecule has 0 atom stereocenters. The first-order valence-electron chi connectivity index (χ1n) is 24.8. The van der Waals surface area contributed by atoms with Crippen LogP contribution in [0.5, 0.6) is 0 Å². The van der Waals surface area contributed by atoms with Crippen molar-refractivity contribution >= 4 is 34.1 Å². The highest BCUT2D eigenvalue weighted by molar-refractivity contribution is 6.03. The first-order valence-corrected chi connectivity index (χ1v) is 24.8. The molecule has 7 aromatic carbocycles. The largest absolute Gasteiger partial charge is 0.308 e. The van der Waals surface area contributed by atoms with Gasteiger partial charge in [-0.2, -0.15) is 5.26 Å². The number of hydrogen-bond donors (Lipinski definition) is 0. The Morgan fingerprint density at radius 1 is 0.357 bits per heavy atom. The van der Waals surface area contributed by atoms with Gasteiger partial charge in [0.1, 0.15) is 0 Å². The summed E-state index contributed by atoms with van der Waals surface area (Å²) in [7, 11) is 0. The van der Waals surface area contributed by atoms with Crippen LogP contribution in [-0.4, -0.2) is 15.0 Å². The molecule has 0 N–H and O–H groups in total. The van der Waals surface area contributed by atoms with E-state index < -0.39 is 0 Å². The molecule has 0 bridgehead atoms. The Labute approximate surface area is 415 Å². The summed E-state index contributed by atoms with van der Waals surface area (Å²) in [4.78, 5) is 21.5. The van der Waals surface area contributed by atoms with Gasteiger partial charge in [0.25, 0.3) is 0 Å². The van der Waals surface area contributed by atoms with Gasteiger partial charge in [0.05, 0.1) is 51.3 Å². The molecule has 0 fully saturated rings. The number of nitriles is 1. The molecule has 6 heteroatoms. The molecule has 0 saturated heterocycles. The van der Waals surface area contributed by atoms with E-state index >= 15 is 0 Å². The van der Waals surface area contributed by atoms with Crippen LogP contribution in [0.1, 0.15) is 117 Å². The van der Waals surface area contributed by atoms with Crippen LogP contribution >= 0.6 is 0 Å². The van der Waals surface area contributed by atoms with Crippen LogP contribution in [0, 0.1) is 122 Å². The molecule has 70 heavy (non-hydrogen) atoms. The number of hydrogen-bond acceptors (Lipinski definition) is 6. The highest BCUT2D eigenvalue weighted by atomic mass is 15.2. The summed E-state index contributed by atoms with van der Waals surface area (Å²) in [5.41, 5.74) is 35.3. The number of fused-ring (bicyclic) bond motifs is 4. The Hall–Kier alpha value is -7.36. The van der Waals surface area contributed by atoms with E-state index in [-0.39, 0.29) is 0 Å². The van der Waals surface area contributed by atoms with Crippen LogP contribution in [0.15, 0.2) is 72.8 Å². The molecule has 0 radical (unpaired) electrons. The van der Waals surface area contributed by atoms with E-state index in [0.717, 1.165) is 63.7 Å². The molecule has 2 aliphatic heterocycles. The molecule has 0 unspecified atom stereocenters. The molecule has 8 aromatic rings. The second kappa shape index (κ2) is 16.9. The van der Waals surface area contributed by atoms with Gasteiger partial charge < -0.3 is 9.80 Å². The average Bonchev–Trinajstić information content (AvgIpc) is 3.39. The predicted octanol–water partition coefficient (Wildman–Crippen LogP) is 16.4. The fourth-order valence-corrected chi connectivity index (χ4v) is 11.8. The Bertz CT molecular complexity index is 3250. The normalized spacial score (nSPS) is 12.7. The summed E-state index contributed by atoms with van der Waals surface area (Å²) in [6, 6.07) is 27.5. The standard InChI is InChI=1S/C64H64N6/c1-32-36(5)44(13)58-51(40(32)9)29-52-41(10)33(2)37(6)45(14)59(52)69(58)55-27-48(31-65)28-56(57(55)64-67-62(49-23-19-17-20-24-49)66-63(68-64)50-25-21-18-22-26-50)70-60-46(15)38(7)34(3)42(11)53(60)30-54-43(12)35(4)39(8)47(16)61(54)70/h17-28H,29-30H2,1-16H3. The fraction of sp³-hybridized carbons (Fsp3) is 0.281. The Balaban J connectivity index is 1.48. The van der Waals surface area contributed by atoms with Gasteiger partial charge in [0.2, 0.25) is 0 Å². The number of nitrogens with zero attached hydrogens (tertiary/aromatic N) is 6. The van der Waals surface area contributed by atoms with E-state index in [0.29, 0.717) is 23.0 Å². The molecule has 0 aliphatic carbocycles. The third-order valence-electron chi connectivity index (χ3n) is 17.4. The molecule has 350 valence electrons. The molecule has 6 nitrogen and oxygen atoms in total. The van der Waals surface area contributed by atoms with Crippen LogP contribution < -0.4 is 9.80 Å². The predicted molar refractivity (Wildman–Crippen MR) is 292 cm³/mol. The third-order valence-corrected chi connectivity index (χ3v) is 17.4. The van der Waals surface area contributed by atoms with Crippen molar-refractivity contribution in [2.24, 2.45) is 0 Å². The second-order valence-electron chi connectivity index (χ2n) is 20.4. The number of anilines is 6. The Morgan fingerprint density at radius 3 is 0.914 bits per heavy atom. The molecule has 1 aromatic heterocycles. The Morgan fingerprint density at radius 2 is 0.629 bits per heavy atom. The van der Waals surface area contributed by atoms with Crippen molar-refractivity contribution in [1.29, 1.82) is 5.26 Å². The van der Waals surface area contributed by atoms with Crippen molar-refractivity contribution < 1.29 is 0 Å². The van der Waals surface area contributed by atoms with E-state index in [4.69, 9.17) is 15.0 Å². The van der Waals surface area contributed by atoms with Gasteiger partial charge in [-0.3, -0.25) is 0 Å². The van der Waals surface area contributed by atoms with E-state index in [1.165, 1.54) is 111 Å². The molecule has 10 rings (SSSR count). The lowest BCUT2D eigenvalue weighted by Gasteiger charge is -2.43. The van der Waals surface area contributed by atoms with Gasteiger partial charge in [-0.1, -0.05) is 60.7 Å². The summed E-state index contributed by atoms with van der Waals surface area (Å²) in [5, 5.41) is 11.5. The van der Waals surface area contributed by atoms with E-state index in [9.17, 15) is 5.26 Å². The van der Waals surface area contributed by atoms with E-state index in [1.807, 2.05) is 36.4 Å². The maximum absolute atomic E-state index is 11.5. The molecular formula is C64H64N6. The van der Waals surface area contributed by atoms with E-state index in [2.05, 4.69) is 163 Å². The maximum Gasteiger partial charge on any atom is 0.168 e. The summed E-state index contributed by atoms with van der Waals surface area (Å²) >= 11 is 0. The quantitative estimate of drug-likeness (QED) is 0.171. The topological polar surface area (TPSA) is 68.9 Å². The lowest BCUT2D eigenvalue weighted by Crippen LogP contribution is -2.27. The average molecular weight is 917 g/mol. The maximum atomic E-state index is 11.5. The zero-order valence-corrected chi connectivity index (χ0v) is 44.0. The van der Waals surface area contributed by atoms with Gasteiger partial charge in [0, 0.05) is 24.0 Å². The van der Waals surface area contributed by atoms with Crippen LogP contribution in [0.2, 0.25) is 0 Å². The molecule has 3 heterocycles. The van der Waals surface area contributed by atoms with Crippen LogP contribution in [0.3, 0.4) is 0 Å². The van der Waals surface area contributed by atoms with Crippen molar-refractivity contribution in [2.45, 2.75) is 124 Å². The van der Waals surface area contributed by atoms with Crippen molar-refractivity contribution in [3.63, 3.8) is 0 Å². The monoisotopic (exact) mass is 917 g/mol. The number of rotatable bonds is 5. The fourth-order valence-electron chi connectivity index (χ4n) is 11.8. The Kier molecular flexibility index (Phi) is 11.2. The van der Waals surface area contributed by atoms with Gasteiger partial charge >= 0.3 is 0 Å². The number of benzene rings is 7. The summed E-state index contributed by atoms with van der Waals surface area (Å²) in [6.07, 6.45) is 1.62. The zero-order valence-electron chi connectivity index (χ0n) is 44.0.